The highest BCUT2D eigenvalue weighted by molar-refractivity contribution is 5.49. The second-order valence-electron chi connectivity index (χ2n) is 2.44. The molecule has 0 atom stereocenters. The first-order chi connectivity index (χ1) is 5.90. The van der Waals surface area contributed by atoms with Gasteiger partial charge in [0.15, 0.2) is 11.5 Å². The summed E-state index contributed by atoms with van der Waals surface area (Å²) in [6.45, 7) is 2.13. The zero-order valence-corrected chi connectivity index (χ0v) is 6.76. The summed E-state index contributed by atoms with van der Waals surface area (Å²) in [6.07, 6.45) is 0. The molecule has 0 aromatic heterocycles. The van der Waals surface area contributed by atoms with Gasteiger partial charge in [0.05, 0.1) is 0 Å². The van der Waals surface area contributed by atoms with E-state index in [0.29, 0.717) is 6.79 Å². The van der Waals surface area contributed by atoms with Crippen molar-refractivity contribution >= 4 is 0 Å². The summed E-state index contributed by atoms with van der Waals surface area (Å²) in [5.74, 6) is 7.37. The lowest BCUT2D eigenvalue weighted by Gasteiger charge is -1.94. The largest absolute Gasteiger partial charge is 0.454 e. The van der Waals surface area contributed by atoms with E-state index in [1.54, 1.807) is 0 Å². The Labute approximate surface area is 71.1 Å². The molecule has 0 aliphatic carbocycles. The van der Waals surface area contributed by atoms with Gasteiger partial charge in [0.25, 0.3) is 0 Å². The molecule has 2 heteroatoms. The molecule has 0 saturated heterocycles. The summed E-state index contributed by atoms with van der Waals surface area (Å²) in [7, 11) is 0. The molecule has 0 saturated carbocycles. The van der Waals surface area contributed by atoms with Crippen LogP contribution in [-0.2, 0) is 0 Å². The molecule has 1 aliphatic rings. The van der Waals surface area contributed by atoms with E-state index < -0.39 is 0 Å². The van der Waals surface area contributed by atoms with Crippen molar-refractivity contribution in [1.29, 1.82) is 0 Å². The summed E-state index contributed by atoms with van der Waals surface area (Å²) in [5, 5.41) is 0. The van der Waals surface area contributed by atoms with Crippen molar-refractivity contribution in [2.75, 3.05) is 6.79 Å². The second kappa shape index (κ2) is 2.78. The van der Waals surface area contributed by atoms with Crippen LogP contribution >= 0.6 is 0 Å². The highest BCUT2D eigenvalue weighted by atomic mass is 16.7. The molecular formula is C10H8O2. The predicted octanol–water partition coefficient (Wildman–Crippen LogP) is 1.79. The smallest absolute Gasteiger partial charge is 0.231 e. The molecule has 0 radical (unpaired) electrons. The summed E-state index contributed by atoms with van der Waals surface area (Å²) in [6, 6.07) is 5.69. The van der Waals surface area contributed by atoms with Gasteiger partial charge in [-0.2, -0.15) is 0 Å². The van der Waals surface area contributed by atoms with Gasteiger partial charge in [0.2, 0.25) is 6.79 Å². The molecule has 0 amide bonds. The van der Waals surface area contributed by atoms with E-state index in [2.05, 4.69) is 11.8 Å². The average molecular weight is 160 g/mol. The van der Waals surface area contributed by atoms with Gasteiger partial charge in [-0.15, -0.1) is 5.92 Å². The van der Waals surface area contributed by atoms with Crippen LogP contribution in [-0.4, -0.2) is 6.79 Å². The Bertz CT molecular complexity index is 358. The maximum atomic E-state index is 5.20. The Morgan fingerprint density at radius 3 is 2.92 bits per heavy atom. The third kappa shape index (κ3) is 1.10. The fraction of sp³-hybridized carbons (Fsp3) is 0.200. The molecule has 1 heterocycles. The van der Waals surface area contributed by atoms with Crippen LogP contribution < -0.4 is 9.47 Å². The van der Waals surface area contributed by atoms with Crippen LogP contribution in [0.3, 0.4) is 0 Å². The normalized spacial score (nSPS) is 12.1. The lowest BCUT2D eigenvalue weighted by atomic mass is 10.2. The van der Waals surface area contributed by atoms with Crippen molar-refractivity contribution < 1.29 is 9.47 Å². The molecule has 2 rings (SSSR count). The zero-order valence-electron chi connectivity index (χ0n) is 6.76. The van der Waals surface area contributed by atoms with E-state index in [1.165, 1.54) is 0 Å². The third-order valence-corrected chi connectivity index (χ3v) is 1.64. The summed E-state index contributed by atoms with van der Waals surface area (Å²) < 4.78 is 10.4. The number of fused-ring (bicyclic) bond motifs is 1. The van der Waals surface area contributed by atoms with E-state index in [1.807, 2.05) is 25.1 Å². The highest BCUT2D eigenvalue weighted by Gasteiger charge is 2.11. The van der Waals surface area contributed by atoms with Gasteiger partial charge in [-0.1, -0.05) is 5.92 Å². The van der Waals surface area contributed by atoms with Crippen LogP contribution in [0, 0.1) is 11.8 Å². The van der Waals surface area contributed by atoms with Gasteiger partial charge in [0.1, 0.15) is 0 Å². The molecule has 1 aromatic rings. The first kappa shape index (κ1) is 7.05. The van der Waals surface area contributed by atoms with Crippen molar-refractivity contribution in [3.05, 3.63) is 23.8 Å². The Hall–Kier alpha value is -1.62. The lowest BCUT2D eigenvalue weighted by Crippen LogP contribution is -1.92. The van der Waals surface area contributed by atoms with Crippen molar-refractivity contribution in [2.24, 2.45) is 0 Å². The maximum Gasteiger partial charge on any atom is 0.231 e. The van der Waals surface area contributed by atoms with Crippen molar-refractivity contribution in [3.8, 4) is 23.3 Å². The Morgan fingerprint density at radius 1 is 1.25 bits per heavy atom. The number of hydrogen-bond donors (Lipinski definition) is 0. The molecule has 2 nitrogen and oxygen atoms in total. The van der Waals surface area contributed by atoms with Crippen LogP contribution in [0.2, 0.25) is 0 Å². The van der Waals surface area contributed by atoms with Crippen molar-refractivity contribution in [1.82, 2.24) is 0 Å². The van der Waals surface area contributed by atoms with E-state index in [-0.39, 0.29) is 0 Å². The average Bonchev–Trinajstić information content (AvgIpc) is 2.51. The van der Waals surface area contributed by atoms with Gasteiger partial charge < -0.3 is 9.47 Å². The van der Waals surface area contributed by atoms with Crippen LogP contribution in [0.25, 0.3) is 0 Å². The molecule has 0 spiro atoms. The van der Waals surface area contributed by atoms with Gasteiger partial charge >= 0.3 is 0 Å². The monoisotopic (exact) mass is 160 g/mol. The molecule has 0 fully saturated rings. The Morgan fingerprint density at radius 2 is 2.08 bits per heavy atom. The zero-order chi connectivity index (χ0) is 8.39. The van der Waals surface area contributed by atoms with E-state index in [4.69, 9.17) is 9.47 Å². The topological polar surface area (TPSA) is 18.5 Å². The van der Waals surface area contributed by atoms with E-state index >= 15 is 0 Å². The summed E-state index contributed by atoms with van der Waals surface area (Å²) in [5.41, 5.74) is 0.960. The van der Waals surface area contributed by atoms with E-state index in [9.17, 15) is 0 Å². The fourth-order valence-corrected chi connectivity index (χ4v) is 1.12. The number of ether oxygens (including phenoxy) is 2. The number of hydrogen-bond acceptors (Lipinski definition) is 2. The summed E-state index contributed by atoms with van der Waals surface area (Å²) in [4.78, 5) is 0. The van der Waals surface area contributed by atoms with Crippen LogP contribution in [0.4, 0.5) is 0 Å². The lowest BCUT2D eigenvalue weighted by molar-refractivity contribution is 0.174. The molecule has 1 aliphatic heterocycles. The quantitative estimate of drug-likeness (QED) is 0.538. The molecular weight excluding hydrogens is 152 g/mol. The third-order valence-electron chi connectivity index (χ3n) is 1.64. The molecule has 60 valence electrons. The van der Waals surface area contributed by atoms with Gasteiger partial charge in [-0.3, -0.25) is 0 Å². The van der Waals surface area contributed by atoms with Crippen LogP contribution in [0.5, 0.6) is 11.5 Å². The van der Waals surface area contributed by atoms with Gasteiger partial charge in [-0.05, 0) is 25.1 Å². The minimum atomic E-state index is 0.318. The SMILES string of the molecule is CC#Cc1ccc2c(c1)OCO2. The minimum absolute atomic E-state index is 0.318. The fourth-order valence-electron chi connectivity index (χ4n) is 1.12. The Kier molecular flexibility index (Phi) is 1.64. The van der Waals surface area contributed by atoms with Gasteiger partial charge in [-0.25, -0.2) is 0 Å². The first-order valence-electron chi connectivity index (χ1n) is 3.72. The highest BCUT2D eigenvalue weighted by Crippen LogP contribution is 2.32. The second-order valence-corrected chi connectivity index (χ2v) is 2.44. The standard InChI is InChI=1S/C10H8O2/c1-2-3-8-4-5-9-10(6-8)12-7-11-9/h4-6H,7H2,1H3. The molecule has 0 bridgehead atoms. The number of rotatable bonds is 0. The summed E-state index contributed by atoms with van der Waals surface area (Å²) >= 11 is 0. The van der Waals surface area contributed by atoms with Crippen molar-refractivity contribution in [2.45, 2.75) is 6.92 Å². The minimum Gasteiger partial charge on any atom is -0.454 e. The maximum absolute atomic E-state index is 5.20. The van der Waals surface area contributed by atoms with Crippen LogP contribution in [0.1, 0.15) is 12.5 Å². The molecule has 12 heavy (non-hydrogen) atoms. The Balaban J connectivity index is 2.43. The molecule has 0 N–H and O–H groups in total. The van der Waals surface area contributed by atoms with Crippen LogP contribution in [0.15, 0.2) is 18.2 Å². The van der Waals surface area contributed by atoms with Gasteiger partial charge in [0, 0.05) is 5.56 Å². The molecule has 1 aromatic carbocycles. The predicted molar refractivity (Wildman–Crippen MR) is 45.1 cm³/mol. The number of benzene rings is 1. The molecule has 0 unspecified atom stereocenters. The van der Waals surface area contributed by atoms with Crippen molar-refractivity contribution in [3.63, 3.8) is 0 Å². The van der Waals surface area contributed by atoms with E-state index in [0.717, 1.165) is 17.1 Å². The first-order valence-corrected chi connectivity index (χ1v) is 3.72.